The van der Waals surface area contributed by atoms with Crippen molar-refractivity contribution in [1.29, 1.82) is 0 Å². The molecule has 5 fully saturated rings. The first-order chi connectivity index (χ1) is 11.7. The second-order valence-electron chi connectivity index (χ2n) is 10.1. The van der Waals surface area contributed by atoms with E-state index < -0.39 is 0 Å². The van der Waals surface area contributed by atoms with Crippen LogP contribution in [0, 0.1) is 23.2 Å². The van der Waals surface area contributed by atoms with E-state index in [1.165, 1.54) is 70.8 Å². The maximum atomic E-state index is 3.94. The van der Waals surface area contributed by atoms with Gasteiger partial charge in [0.25, 0.3) is 0 Å². The van der Waals surface area contributed by atoms with Crippen LogP contribution in [0.3, 0.4) is 0 Å². The standard InChI is InChI=1S/C22H40N2/c1-17(15-23-21-7-5-3-2-4-6-8-21)24-16-22-12-18-9-19(13-22)11-20(10-18)14-22/h17-21,23-24H,2-16H2,1H3. The van der Waals surface area contributed by atoms with Gasteiger partial charge in [0.05, 0.1) is 0 Å². The highest BCUT2D eigenvalue weighted by Gasteiger charge is 2.50. The van der Waals surface area contributed by atoms with Crippen LogP contribution < -0.4 is 10.6 Å². The predicted octanol–water partition coefficient (Wildman–Crippen LogP) is 4.88. The van der Waals surface area contributed by atoms with E-state index in [1.807, 2.05) is 0 Å². The van der Waals surface area contributed by atoms with Crippen LogP contribution in [0.15, 0.2) is 0 Å². The maximum absolute atomic E-state index is 3.94. The average Bonchev–Trinajstić information content (AvgIpc) is 2.51. The van der Waals surface area contributed by atoms with Crippen LogP contribution in [0.5, 0.6) is 0 Å². The molecule has 2 nitrogen and oxygen atoms in total. The van der Waals surface area contributed by atoms with Crippen molar-refractivity contribution in [2.45, 2.75) is 102 Å². The van der Waals surface area contributed by atoms with E-state index in [-0.39, 0.29) is 0 Å². The second kappa shape index (κ2) is 7.66. The minimum atomic E-state index is 0.628. The van der Waals surface area contributed by atoms with E-state index in [0.717, 1.165) is 30.3 Å². The quantitative estimate of drug-likeness (QED) is 0.724. The van der Waals surface area contributed by atoms with Crippen molar-refractivity contribution in [3.8, 4) is 0 Å². The molecule has 5 aliphatic rings. The Kier molecular flexibility index (Phi) is 5.53. The van der Waals surface area contributed by atoms with Gasteiger partial charge in [0.1, 0.15) is 0 Å². The fraction of sp³-hybridized carbons (Fsp3) is 1.00. The minimum Gasteiger partial charge on any atom is -0.312 e. The molecular formula is C22H40N2. The number of nitrogens with one attached hydrogen (secondary N) is 2. The van der Waals surface area contributed by atoms with Gasteiger partial charge in [0.15, 0.2) is 0 Å². The Morgan fingerprint density at radius 2 is 1.38 bits per heavy atom. The number of hydrogen-bond donors (Lipinski definition) is 2. The largest absolute Gasteiger partial charge is 0.312 e. The molecule has 138 valence electrons. The molecule has 1 unspecified atom stereocenters. The Bertz CT molecular complexity index is 361. The summed E-state index contributed by atoms with van der Waals surface area (Å²) in [4.78, 5) is 0. The summed E-state index contributed by atoms with van der Waals surface area (Å²) in [6.45, 7) is 4.86. The summed E-state index contributed by atoms with van der Waals surface area (Å²) in [5, 5.41) is 7.83. The van der Waals surface area contributed by atoms with Gasteiger partial charge in [-0.05, 0) is 81.5 Å². The molecule has 0 aromatic rings. The van der Waals surface area contributed by atoms with Crippen LogP contribution >= 0.6 is 0 Å². The molecular weight excluding hydrogens is 292 g/mol. The lowest BCUT2D eigenvalue weighted by atomic mass is 9.49. The zero-order chi connectivity index (χ0) is 16.4. The number of hydrogen-bond acceptors (Lipinski definition) is 2. The van der Waals surface area contributed by atoms with Crippen LogP contribution in [0.1, 0.15) is 90.4 Å². The minimum absolute atomic E-state index is 0.628. The molecule has 5 rings (SSSR count). The molecule has 2 N–H and O–H groups in total. The molecule has 0 aromatic heterocycles. The smallest absolute Gasteiger partial charge is 0.0164 e. The van der Waals surface area contributed by atoms with Crippen LogP contribution in [0.2, 0.25) is 0 Å². The zero-order valence-electron chi connectivity index (χ0n) is 16.0. The molecule has 0 spiro atoms. The summed E-state index contributed by atoms with van der Waals surface area (Å²) in [5.41, 5.74) is 0.684. The van der Waals surface area contributed by atoms with E-state index in [9.17, 15) is 0 Å². The fourth-order valence-electron chi connectivity index (χ4n) is 6.97. The van der Waals surface area contributed by atoms with E-state index in [1.54, 1.807) is 19.3 Å². The molecule has 4 bridgehead atoms. The molecule has 0 amide bonds. The highest BCUT2D eigenvalue weighted by Crippen LogP contribution is 2.59. The second-order valence-corrected chi connectivity index (χ2v) is 10.1. The summed E-state index contributed by atoms with van der Waals surface area (Å²) < 4.78 is 0. The van der Waals surface area contributed by atoms with Crippen LogP contribution in [0.4, 0.5) is 0 Å². The third kappa shape index (κ3) is 4.18. The van der Waals surface area contributed by atoms with Gasteiger partial charge in [-0.15, -0.1) is 0 Å². The maximum Gasteiger partial charge on any atom is 0.0164 e. The van der Waals surface area contributed by atoms with Crippen molar-refractivity contribution in [3.63, 3.8) is 0 Å². The van der Waals surface area contributed by atoms with Crippen molar-refractivity contribution < 1.29 is 0 Å². The van der Waals surface area contributed by atoms with E-state index >= 15 is 0 Å². The van der Waals surface area contributed by atoms with Crippen LogP contribution in [0.25, 0.3) is 0 Å². The van der Waals surface area contributed by atoms with Crippen molar-refractivity contribution in [2.75, 3.05) is 13.1 Å². The monoisotopic (exact) mass is 332 g/mol. The van der Waals surface area contributed by atoms with E-state index in [4.69, 9.17) is 0 Å². The average molecular weight is 333 g/mol. The van der Waals surface area contributed by atoms with E-state index in [2.05, 4.69) is 17.6 Å². The van der Waals surface area contributed by atoms with Gasteiger partial charge in [-0.25, -0.2) is 0 Å². The Hall–Kier alpha value is -0.0800. The Balaban J connectivity index is 1.20. The predicted molar refractivity (Wildman–Crippen MR) is 102 cm³/mol. The summed E-state index contributed by atoms with van der Waals surface area (Å²) in [7, 11) is 0. The summed E-state index contributed by atoms with van der Waals surface area (Å²) in [6.07, 6.45) is 19.4. The van der Waals surface area contributed by atoms with Crippen molar-refractivity contribution in [1.82, 2.24) is 10.6 Å². The highest BCUT2D eigenvalue weighted by molar-refractivity contribution is 5.02. The van der Waals surface area contributed by atoms with Crippen molar-refractivity contribution >= 4 is 0 Å². The summed E-state index contributed by atoms with van der Waals surface area (Å²) >= 11 is 0. The lowest BCUT2D eigenvalue weighted by Gasteiger charge is -2.57. The lowest BCUT2D eigenvalue weighted by molar-refractivity contribution is -0.0522. The van der Waals surface area contributed by atoms with Gasteiger partial charge in [0, 0.05) is 25.2 Å². The highest BCUT2D eigenvalue weighted by atomic mass is 15.0. The Morgan fingerprint density at radius 3 is 1.96 bits per heavy atom. The third-order valence-corrected chi connectivity index (χ3v) is 7.81. The molecule has 1 atom stereocenters. The molecule has 2 heteroatoms. The van der Waals surface area contributed by atoms with Gasteiger partial charge in [-0.1, -0.05) is 32.1 Å². The molecule has 5 aliphatic carbocycles. The zero-order valence-corrected chi connectivity index (χ0v) is 16.0. The van der Waals surface area contributed by atoms with Crippen LogP contribution in [-0.4, -0.2) is 25.2 Å². The van der Waals surface area contributed by atoms with Gasteiger partial charge >= 0.3 is 0 Å². The molecule has 0 heterocycles. The van der Waals surface area contributed by atoms with Crippen LogP contribution in [-0.2, 0) is 0 Å². The summed E-state index contributed by atoms with van der Waals surface area (Å²) in [6, 6.07) is 1.41. The molecule has 0 aliphatic heterocycles. The lowest BCUT2D eigenvalue weighted by Crippen LogP contribution is -2.52. The summed E-state index contributed by atoms with van der Waals surface area (Å²) in [5.74, 6) is 3.25. The fourth-order valence-corrected chi connectivity index (χ4v) is 6.97. The molecule has 0 aromatic carbocycles. The van der Waals surface area contributed by atoms with Crippen molar-refractivity contribution in [3.05, 3.63) is 0 Å². The Morgan fingerprint density at radius 1 is 0.833 bits per heavy atom. The van der Waals surface area contributed by atoms with Crippen molar-refractivity contribution in [2.24, 2.45) is 23.2 Å². The molecule has 5 saturated carbocycles. The topological polar surface area (TPSA) is 24.1 Å². The molecule has 0 saturated heterocycles. The SMILES string of the molecule is CC(CNC1CCCCCCC1)NCC12CC3CC(CC(C3)C1)C2. The first kappa shape index (κ1) is 17.3. The van der Waals surface area contributed by atoms with E-state index in [0.29, 0.717) is 11.5 Å². The molecule has 24 heavy (non-hydrogen) atoms. The van der Waals surface area contributed by atoms with Gasteiger partial charge in [0.2, 0.25) is 0 Å². The molecule has 0 radical (unpaired) electrons. The third-order valence-electron chi connectivity index (χ3n) is 7.81. The Labute approximate surface area is 149 Å². The first-order valence-corrected chi connectivity index (χ1v) is 11.2. The number of rotatable bonds is 6. The van der Waals surface area contributed by atoms with Gasteiger partial charge in [-0.3, -0.25) is 0 Å². The van der Waals surface area contributed by atoms with Gasteiger partial charge in [-0.2, -0.15) is 0 Å². The normalized spacial score (nSPS) is 41.1. The van der Waals surface area contributed by atoms with Gasteiger partial charge < -0.3 is 10.6 Å². The first-order valence-electron chi connectivity index (χ1n) is 11.2.